The zero-order valence-corrected chi connectivity index (χ0v) is 9.67. The molecule has 0 bridgehead atoms. The van der Waals surface area contributed by atoms with Gasteiger partial charge in [-0.1, -0.05) is 25.4 Å². The van der Waals surface area contributed by atoms with Crippen molar-refractivity contribution in [1.29, 1.82) is 0 Å². The van der Waals surface area contributed by atoms with Gasteiger partial charge in [0.25, 0.3) is 5.56 Å². The van der Waals surface area contributed by atoms with E-state index in [1.54, 1.807) is 6.07 Å². The van der Waals surface area contributed by atoms with E-state index in [9.17, 15) is 4.79 Å². The lowest BCUT2D eigenvalue weighted by molar-refractivity contribution is 0.495. The van der Waals surface area contributed by atoms with Crippen molar-refractivity contribution in [2.24, 2.45) is 0 Å². The minimum absolute atomic E-state index is 0.0405. The monoisotopic (exact) mass is 214 g/mol. The van der Waals surface area contributed by atoms with Gasteiger partial charge < -0.3 is 0 Å². The Morgan fingerprint density at radius 2 is 1.93 bits per heavy atom. The summed E-state index contributed by atoms with van der Waals surface area (Å²) < 4.78 is 1.43. The second kappa shape index (κ2) is 4.13. The van der Waals surface area contributed by atoms with E-state index in [0.29, 0.717) is 5.15 Å². The summed E-state index contributed by atoms with van der Waals surface area (Å²) in [4.78, 5) is 11.8. The van der Waals surface area contributed by atoms with E-state index < -0.39 is 0 Å². The molecule has 0 aromatic carbocycles. The molecule has 1 heterocycles. The maximum atomic E-state index is 11.8. The maximum Gasteiger partial charge on any atom is 0.270 e. The lowest BCUT2D eigenvalue weighted by atomic mass is 10.1. The highest BCUT2D eigenvalue weighted by atomic mass is 35.5. The summed E-state index contributed by atoms with van der Waals surface area (Å²) in [5, 5.41) is 4.36. The van der Waals surface area contributed by atoms with Crippen LogP contribution in [0.15, 0.2) is 10.9 Å². The Balaban J connectivity index is 3.40. The lowest BCUT2D eigenvalue weighted by Crippen LogP contribution is -2.28. The SMILES string of the molecule is CC(C)c1cc(Cl)nn(C(C)C)c1=O. The third kappa shape index (κ3) is 2.15. The fraction of sp³-hybridized carbons (Fsp3) is 0.600. The number of halogens is 1. The predicted molar refractivity (Wildman–Crippen MR) is 58.0 cm³/mol. The summed E-state index contributed by atoms with van der Waals surface area (Å²) in [6, 6.07) is 1.69. The van der Waals surface area contributed by atoms with Crippen LogP contribution in [0.1, 0.15) is 45.2 Å². The summed E-state index contributed by atoms with van der Waals surface area (Å²) in [5.41, 5.74) is 0.679. The van der Waals surface area contributed by atoms with Gasteiger partial charge in [-0.3, -0.25) is 4.79 Å². The standard InChI is InChI=1S/C10H15ClN2O/c1-6(2)8-5-9(11)12-13(7(3)4)10(8)14/h5-7H,1-4H3. The summed E-state index contributed by atoms with van der Waals surface area (Å²) in [7, 11) is 0. The van der Waals surface area contributed by atoms with Gasteiger partial charge in [0.15, 0.2) is 0 Å². The zero-order valence-electron chi connectivity index (χ0n) is 8.91. The Bertz CT molecular complexity index is 350. The first-order valence-corrected chi connectivity index (χ1v) is 5.10. The Kier molecular flexibility index (Phi) is 3.32. The van der Waals surface area contributed by atoms with Crippen LogP contribution in [0.4, 0.5) is 0 Å². The third-order valence-corrected chi connectivity index (χ3v) is 2.23. The molecule has 4 heteroatoms. The highest BCUT2D eigenvalue weighted by Gasteiger charge is 2.12. The van der Waals surface area contributed by atoms with Gasteiger partial charge in [-0.2, -0.15) is 5.10 Å². The molecule has 1 aromatic heterocycles. The van der Waals surface area contributed by atoms with Gasteiger partial charge >= 0.3 is 0 Å². The Labute approximate surface area is 88.7 Å². The molecule has 0 aliphatic rings. The molecule has 1 aromatic rings. The molecule has 0 amide bonds. The van der Waals surface area contributed by atoms with Crippen molar-refractivity contribution in [2.75, 3.05) is 0 Å². The first kappa shape index (κ1) is 11.2. The van der Waals surface area contributed by atoms with E-state index in [0.717, 1.165) is 5.56 Å². The van der Waals surface area contributed by atoms with E-state index in [-0.39, 0.29) is 17.5 Å². The molecule has 0 aliphatic carbocycles. The maximum absolute atomic E-state index is 11.8. The first-order valence-electron chi connectivity index (χ1n) is 4.72. The second-order valence-electron chi connectivity index (χ2n) is 3.92. The van der Waals surface area contributed by atoms with Crippen LogP contribution in [0.25, 0.3) is 0 Å². The number of aromatic nitrogens is 2. The van der Waals surface area contributed by atoms with E-state index in [4.69, 9.17) is 11.6 Å². The van der Waals surface area contributed by atoms with Crippen molar-refractivity contribution in [3.05, 3.63) is 27.1 Å². The minimum atomic E-state index is -0.0422. The predicted octanol–water partition coefficient (Wildman–Crippen LogP) is 2.60. The van der Waals surface area contributed by atoms with Crippen LogP contribution >= 0.6 is 11.6 Å². The molecular formula is C10H15ClN2O. The molecule has 0 spiro atoms. The van der Waals surface area contributed by atoms with Gasteiger partial charge in [-0.25, -0.2) is 4.68 Å². The number of hydrogen-bond acceptors (Lipinski definition) is 2. The highest BCUT2D eigenvalue weighted by Crippen LogP contribution is 2.14. The van der Waals surface area contributed by atoms with Crippen LogP contribution in [0.2, 0.25) is 5.15 Å². The zero-order chi connectivity index (χ0) is 10.9. The molecule has 78 valence electrons. The molecule has 1 rings (SSSR count). The highest BCUT2D eigenvalue weighted by molar-refractivity contribution is 6.29. The van der Waals surface area contributed by atoms with Crippen LogP contribution in [-0.2, 0) is 0 Å². The molecule has 0 radical (unpaired) electrons. The molecule has 0 saturated heterocycles. The van der Waals surface area contributed by atoms with E-state index in [1.165, 1.54) is 4.68 Å². The summed E-state index contributed by atoms with van der Waals surface area (Å²) >= 11 is 5.84. The van der Waals surface area contributed by atoms with Gasteiger partial charge in [0.2, 0.25) is 0 Å². The smallest absolute Gasteiger partial charge is 0.267 e. The van der Waals surface area contributed by atoms with Crippen molar-refractivity contribution in [3.8, 4) is 0 Å². The van der Waals surface area contributed by atoms with Crippen molar-refractivity contribution >= 4 is 11.6 Å². The third-order valence-electron chi connectivity index (χ3n) is 2.04. The van der Waals surface area contributed by atoms with Gasteiger partial charge in [-0.15, -0.1) is 0 Å². The largest absolute Gasteiger partial charge is 0.270 e. The molecule has 3 nitrogen and oxygen atoms in total. The van der Waals surface area contributed by atoms with Crippen LogP contribution in [0, 0.1) is 0 Å². The van der Waals surface area contributed by atoms with Gasteiger partial charge in [-0.05, 0) is 25.8 Å². The minimum Gasteiger partial charge on any atom is -0.267 e. The Hall–Kier alpha value is -0.830. The fourth-order valence-electron chi connectivity index (χ4n) is 1.26. The lowest BCUT2D eigenvalue weighted by Gasteiger charge is -2.12. The molecule has 0 fully saturated rings. The number of hydrogen-bond donors (Lipinski definition) is 0. The first-order chi connectivity index (χ1) is 6.43. The van der Waals surface area contributed by atoms with Crippen molar-refractivity contribution < 1.29 is 0 Å². The Morgan fingerprint density at radius 3 is 2.36 bits per heavy atom. The van der Waals surface area contributed by atoms with E-state index in [1.807, 2.05) is 27.7 Å². The van der Waals surface area contributed by atoms with Gasteiger partial charge in [0.1, 0.15) is 5.15 Å². The quantitative estimate of drug-likeness (QED) is 0.759. The molecule has 0 atom stereocenters. The van der Waals surface area contributed by atoms with Gasteiger partial charge in [0.05, 0.1) is 6.04 Å². The Morgan fingerprint density at radius 1 is 1.36 bits per heavy atom. The number of nitrogens with zero attached hydrogens (tertiary/aromatic N) is 2. The fourth-order valence-corrected chi connectivity index (χ4v) is 1.46. The normalized spacial score (nSPS) is 11.4. The van der Waals surface area contributed by atoms with E-state index >= 15 is 0 Å². The van der Waals surface area contributed by atoms with Crippen LogP contribution in [0.3, 0.4) is 0 Å². The summed E-state index contributed by atoms with van der Waals surface area (Å²) in [6.07, 6.45) is 0. The topological polar surface area (TPSA) is 34.9 Å². The molecule has 0 N–H and O–H groups in total. The molecular weight excluding hydrogens is 200 g/mol. The van der Waals surface area contributed by atoms with Crippen molar-refractivity contribution in [2.45, 2.75) is 39.7 Å². The van der Waals surface area contributed by atoms with E-state index in [2.05, 4.69) is 5.10 Å². The molecule has 0 aliphatic heterocycles. The molecule has 14 heavy (non-hydrogen) atoms. The van der Waals surface area contributed by atoms with Crippen molar-refractivity contribution in [3.63, 3.8) is 0 Å². The summed E-state index contributed by atoms with van der Waals surface area (Å²) in [5.74, 6) is 0.174. The van der Waals surface area contributed by atoms with Crippen LogP contribution < -0.4 is 5.56 Å². The van der Waals surface area contributed by atoms with Crippen molar-refractivity contribution in [1.82, 2.24) is 9.78 Å². The van der Waals surface area contributed by atoms with Crippen LogP contribution in [0.5, 0.6) is 0 Å². The second-order valence-corrected chi connectivity index (χ2v) is 4.31. The average molecular weight is 215 g/mol. The van der Waals surface area contributed by atoms with Gasteiger partial charge in [0, 0.05) is 5.56 Å². The average Bonchev–Trinajstić information content (AvgIpc) is 2.07. The summed E-state index contributed by atoms with van der Waals surface area (Å²) in [6.45, 7) is 7.76. The molecule has 0 unspecified atom stereocenters. The number of rotatable bonds is 2. The molecule has 0 saturated carbocycles. The van der Waals surface area contributed by atoms with Crippen LogP contribution in [-0.4, -0.2) is 9.78 Å².